The molecule has 3 aromatic rings. The molecule has 0 amide bonds. The minimum Gasteiger partial charge on any atom is -0.392 e. The van der Waals surface area contributed by atoms with Gasteiger partial charge in [0.25, 0.3) is 5.97 Å². The topological polar surface area (TPSA) is 60.0 Å². The van der Waals surface area contributed by atoms with Gasteiger partial charge in [-0.1, -0.05) is 91.0 Å². The highest BCUT2D eigenvalue weighted by molar-refractivity contribution is 5.47. The number of benzene rings is 3. The van der Waals surface area contributed by atoms with Gasteiger partial charge in [0, 0.05) is 20.8 Å². The summed E-state index contributed by atoms with van der Waals surface area (Å²) in [6.07, 6.45) is -0.0336. The van der Waals surface area contributed by atoms with Gasteiger partial charge in [-0.25, -0.2) is 0 Å². The number of rotatable bonds is 8. The van der Waals surface area contributed by atoms with Gasteiger partial charge in [0.1, 0.15) is 5.60 Å². The number of hydrogen-bond acceptors (Lipinski definition) is 5. The second-order valence-electron chi connectivity index (χ2n) is 7.74. The minimum absolute atomic E-state index is 0.354. The molecule has 3 aromatic carbocycles. The van der Waals surface area contributed by atoms with Crippen LogP contribution in [0.5, 0.6) is 0 Å². The Kier molecular flexibility index (Phi) is 6.51. The van der Waals surface area contributed by atoms with E-state index in [0.717, 1.165) is 16.7 Å². The summed E-state index contributed by atoms with van der Waals surface area (Å²) in [5.74, 6) is -1.43. The van der Waals surface area contributed by atoms with E-state index in [1.807, 2.05) is 91.0 Å². The molecule has 31 heavy (non-hydrogen) atoms. The minimum atomic E-state index is -1.43. The molecule has 0 unspecified atom stereocenters. The van der Waals surface area contributed by atoms with Crippen molar-refractivity contribution in [1.82, 2.24) is 5.32 Å². The molecule has 1 aliphatic rings. The quantitative estimate of drug-likeness (QED) is 0.431. The van der Waals surface area contributed by atoms with Crippen molar-refractivity contribution in [2.24, 2.45) is 0 Å². The summed E-state index contributed by atoms with van der Waals surface area (Å²) < 4.78 is 18.8. The molecule has 0 radical (unpaired) electrons. The van der Waals surface area contributed by atoms with Gasteiger partial charge >= 0.3 is 0 Å². The highest BCUT2D eigenvalue weighted by Crippen LogP contribution is 2.45. The number of aliphatic hydroxyl groups is 1. The summed E-state index contributed by atoms with van der Waals surface area (Å²) in [5, 5.41) is 13.5. The van der Waals surface area contributed by atoms with E-state index in [0.29, 0.717) is 13.0 Å². The average Bonchev–Trinajstić information content (AvgIpc) is 3.29. The lowest BCUT2D eigenvalue weighted by atomic mass is 9.80. The largest absolute Gasteiger partial charge is 0.392 e. The van der Waals surface area contributed by atoms with E-state index in [1.165, 1.54) is 0 Å². The van der Waals surface area contributed by atoms with E-state index >= 15 is 0 Å². The fourth-order valence-corrected chi connectivity index (χ4v) is 4.42. The van der Waals surface area contributed by atoms with Gasteiger partial charge in [-0.05, 0) is 23.1 Å². The van der Waals surface area contributed by atoms with Crippen molar-refractivity contribution in [3.8, 4) is 0 Å². The SMILES string of the molecule is COC(OC)(OC(c1ccccc1)(c1ccccc1)c1ccccc1)[C@@H]1C[C@@H](O)CN1. The number of β-amino-alcohol motifs (C(OH)–C–C–N with tert-alkyl or cyclic N) is 1. The highest BCUT2D eigenvalue weighted by Gasteiger charge is 2.52. The van der Waals surface area contributed by atoms with Gasteiger partial charge in [0.05, 0.1) is 12.1 Å². The smallest absolute Gasteiger partial charge is 0.300 e. The van der Waals surface area contributed by atoms with E-state index in [-0.39, 0.29) is 6.04 Å². The van der Waals surface area contributed by atoms with Crippen LogP contribution in [0.4, 0.5) is 0 Å². The number of aliphatic hydroxyl groups excluding tert-OH is 1. The molecule has 4 rings (SSSR count). The molecular formula is C26H29NO4. The summed E-state index contributed by atoms with van der Waals surface area (Å²) >= 11 is 0. The Balaban J connectivity index is 1.95. The van der Waals surface area contributed by atoms with Gasteiger partial charge in [-0.15, -0.1) is 0 Å². The highest BCUT2D eigenvalue weighted by atomic mass is 16.9. The van der Waals surface area contributed by atoms with Crippen LogP contribution in [-0.4, -0.2) is 44.0 Å². The van der Waals surface area contributed by atoms with Gasteiger partial charge in [-0.2, -0.15) is 0 Å². The van der Waals surface area contributed by atoms with Crippen molar-refractivity contribution in [2.75, 3.05) is 20.8 Å². The summed E-state index contributed by atoms with van der Waals surface area (Å²) in [6, 6.07) is 29.9. The Bertz CT molecular complexity index is 848. The summed E-state index contributed by atoms with van der Waals surface area (Å²) in [6.45, 7) is 0.456. The molecule has 162 valence electrons. The van der Waals surface area contributed by atoms with Crippen LogP contribution in [0.15, 0.2) is 91.0 Å². The van der Waals surface area contributed by atoms with Crippen LogP contribution in [0.1, 0.15) is 23.1 Å². The number of ether oxygens (including phenoxy) is 3. The molecule has 1 aliphatic heterocycles. The molecule has 0 bridgehead atoms. The average molecular weight is 420 g/mol. The molecule has 0 aromatic heterocycles. The number of nitrogens with one attached hydrogen (secondary N) is 1. The van der Waals surface area contributed by atoms with Crippen LogP contribution in [0, 0.1) is 0 Å². The maximum absolute atomic E-state index is 10.2. The predicted molar refractivity (Wildman–Crippen MR) is 119 cm³/mol. The van der Waals surface area contributed by atoms with E-state index in [4.69, 9.17) is 14.2 Å². The first-order valence-electron chi connectivity index (χ1n) is 10.5. The van der Waals surface area contributed by atoms with Crippen molar-refractivity contribution < 1.29 is 19.3 Å². The Morgan fingerprint density at radius 2 is 1.16 bits per heavy atom. The molecule has 1 fully saturated rings. The molecule has 5 heteroatoms. The van der Waals surface area contributed by atoms with Crippen molar-refractivity contribution in [1.29, 1.82) is 0 Å². The van der Waals surface area contributed by atoms with Crippen LogP contribution >= 0.6 is 0 Å². The van der Waals surface area contributed by atoms with Gasteiger partial charge < -0.3 is 24.6 Å². The number of methoxy groups -OCH3 is 2. The maximum Gasteiger partial charge on any atom is 0.300 e. The predicted octanol–water partition coefficient (Wildman–Crippen LogP) is 3.66. The Hall–Kier alpha value is -2.54. The first-order chi connectivity index (χ1) is 15.1. The van der Waals surface area contributed by atoms with E-state index in [1.54, 1.807) is 14.2 Å². The van der Waals surface area contributed by atoms with Crippen LogP contribution in [0.2, 0.25) is 0 Å². The van der Waals surface area contributed by atoms with E-state index in [2.05, 4.69) is 5.32 Å². The standard InChI is InChI=1S/C26H29NO4/c1-29-26(30-2,24-18-23(28)19-27-24)31-25(20-12-6-3-7-13-20,21-14-8-4-9-15-21)22-16-10-5-11-17-22/h3-17,23-24,27-28H,18-19H2,1-2H3/t23-,24+/m1/s1. The second kappa shape index (κ2) is 9.30. The lowest BCUT2D eigenvalue weighted by molar-refractivity contribution is -0.398. The van der Waals surface area contributed by atoms with Crippen LogP contribution in [0.25, 0.3) is 0 Å². The lowest BCUT2D eigenvalue weighted by Gasteiger charge is -2.45. The molecule has 0 spiro atoms. The lowest BCUT2D eigenvalue weighted by Crippen LogP contribution is -2.57. The fraction of sp³-hybridized carbons (Fsp3) is 0.308. The molecule has 2 N–H and O–H groups in total. The van der Waals surface area contributed by atoms with Gasteiger partial charge in [-0.3, -0.25) is 0 Å². The van der Waals surface area contributed by atoms with Crippen LogP contribution in [0.3, 0.4) is 0 Å². The third-order valence-electron chi connectivity index (χ3n) is 5.94. The Morgan fingerprint density at radius 1 is 0.742 bits per heavy atom. The molecule has 0 aliphatic carbocycles. The second-order valence-corrected chi connectivity index (χ2v) is 7.74. The fourth-order valence-electron chi connectivity index (χ4n) is 4.42. The first kappa shape index (κ1) is 21.7. The Morgan fingerprint density at radius 3 is 1.48 bits per heavy atom. The zero-order valence-corrected chi connectivity index (χ0v) is 17.9. The van der Waals surface area contributed by atoms with E-state index in [9.17, 15) is 5.11 Å². The summed E-state index contributed by atoms with van der Waals surface area (Å²) in [5.41, 5.74) is 1.84. The zero-order valence-electron chi connectivity index (χ0n) is 17.9. The van der Waals surface area contributed by atoms with Crippen molar-refractivity contribution in [3.63, 3.8) is 0 Å². The molecule has 1 saturated heterocycles. The normalized spacial score (nSPS) is 19.5. The third-order valence-corrected chi connectivity index (χ3v) is 5.94. The zero-order chi connectivity index (χ0) is 21.7. The molecule has 0 saturated carbocycles. The summed E-state index contributed by atoms with van der Waals surface area (Å²) in [7, 11) is 3.14. The van der Waals surface area contributed by atoms with Crippen molar-refractivity contribution in [2.45, 2.75) is 30.1 Å². The third kappa shape index (κ3) is 4.03. The van der Waals surface area contributed by atoms with Crippen LogP contribution < -0.4 is 5.32 Å². The Labute approximate surface area is 183 Å². The van der Waals surface area contributed by atoms with Crippen molar-refractivity contribution >= 4 is 0 Å². The van der Waals surface area contributed by atoms with Crippen molar-refractivity contribution in [3.05, 3.63) is 108 Å². The van der Waals surface area contributed by atoms with Crippen LogP contribution in [-0.2, 0) is 19.8 Å². The maximum atomic E-state index is 10.2. The van der Waals surface area contributed by atoms with Gasteiger partial charge in [0.15, 0.2) is 0 Å². The monoisotopic (exact) mass is 419 g/mol. The summed E-state index contributed by atoms with van der Waals surface area (Å²) in [4.78, 5) is 0. The van der Waals surface area contributed by atoms with Gasteiger partial charge in [0.2, 0.25) is 0 Å². The molecule has 5 nitrogen and oxygen atoms in total. The van der Waals surface area contributed by atoms with E-state index < -0.39 is 17.7 Å². The molecule has 2 atom stereocenters. The molecule has 1 heterocycles. The first-order valence-corrected chi connectivity index (χ1v) is 10.5. The number of hydrogen-bond donors (Lipinski definition) is 2. The molecular weight excluding hydrogens is 390 g/mol.